The number of carbonyl (C=O) groups excluding carboxylic acids is 2. The number of ether oxygens (including phenoxy) is 2. The normalized spacial score (nSPS) is 16.9. The number of hydrogen-bond acceptors (Lipinski definition) is 5. The Labute approximate surface area is 215 Å². The SMILES string of the molecule is O=C(CC1C(=O)N(c2cccc(C(F)(F)F)c2)C(=S)N1Cc1ccc2c(c1)OCO2)Nc1ccccc1. The summed E-state index contributed by atoms with van der Waals surface area (Å²) in [4.78, 5) is 29.0. The number of carbonyl (C=O) groups is 2. The molecule has 0 radical (unpaired) electrons. The summed E-state index contributed by atoms with van der Waals surface area (Å²) in [5, 5.41) is 2.74. The second-order valence-corrected chi connectivity index (χ2v) is 8.82. The third kappa shape index (κ3) is 5.08. The molecule has 2 heterocycles. The molecular weight excluding hydrogens is 507 g/mol. The van der Waals surface area contributed by atoms with E-state index in [1.54, 1.807) is 53.4 Å². The van der Waals surface area contributed by atoms with Crippen molar-refractivity contribution in [1.82, 2.24) is 4.90 Å². The van der Waals surface area contributed by atoms with Crippen LogP contribution >= 0.6 is 12.2 Å². The summed E-state index contributed by atoms with van der Waals surface area (Å²) in [6.07, 6.45) is -4.85. The molecule has 2 aliphatic heterocycles. The van der Waals surface area contributed by atoms with Crippen LogP contribution < -0.4 is 19.7 Å². The maximum absolute atomic E-state index is 13.5. The molecule has 3 aromatic carbocycles. The smallest absolute Gasteiger partial charge is 0.416 e. The highest BCUT2D eigenvalue weighted by atomic mass is 32.1. The molecule has 0 aromatic heterocycles. The molecule has 37 heavy (non-hydrogen) atoms. The van der Waals surface area contributed by atoms with Crippen molar-refractivity contribution in [2.75, 3.05) is 17.0 Å². The first-order valence-corrected chi connectivity index (χ1v) is 11.7. The number of rotatable bonds is 6. The molecule has 2 aliphatic rings. The number of fused-ring (bicyclic) bond motifs is 1. The van der Waals surface area contributed by atoms with Crippen LogP contribution in [0, 0.1) is 0 Å². The van der Waals surface area contributed by atoms with Crippen LogP contribution in [0.25, 0.3) is 0 Å². The summed E-state index contributed by atoms with van der Waals surface area (Å²) in [6, 6.07) is 17.3. The first-order chi connectivity index (χ1) is 17.7. The van der Waals surface area contributed by atoms with Gasteiger partial charge in [-0.3, -0.25) is 14.5 Å². The van der Waals surface area contributed by atoms with E-state index in [0.29, 0.717) is 17.2 Å². The Bertz CT molecular complexity index is 1370. The minimum atomic E-state index is -4.60. The molecular formula is C26H20F3N3O4S. The number of alkyl halides is 3. The Morgan fingerprint density at radius 3 is 2.51 bits per heavy atom. The first-order valence-electron chi connectivity index (χ1n) is 11.3. The van der Waals surface area contributed by atoms with Crippen molar-refractivity contribution in [2.24, 2.45) is 0 Å². The standard InChI is InChI=1S/C26H20F3N3O4S/c27-26(28,29)17-5-4-8-19(12-17)32-24(34)20(13-23(33)30-18-6-2-1-3-7-18)31(25(32)37)14-16-9-10-21-22(11-16)36-15-35-21/h1-12,20H,13-15H2,(H,30,33). The fourth-order valence-electron chi connectivity index (χ4n) is 4.22. The van der Waals surface area contributed by atoms with Crippen molar-refractivity contribution in [1.29, 1.82) is 0 Å². The quantitative estimate of drug-likeness (QED) is 0.457. The van der Waals surface area contributed by atoms with E-state index in [9.17, 15) is 22.8 Å². The van der Waals surface area contributed by atoms with Crippen LogP contribution in [0.2, 0.25) is 0 Å². The van der Waals surface area contributed by atoms with Crippen LogP contribution in [-0.4, -0.2) is 34.7 Å². The van der Waals surface area contributed by atoms with Crippen molar-refractivity contribution in [3.05, 3.63) is 83.9 Å². The topological polar surface area (TPSA) is 71.1 Å². The molecule has 0 saturated carbocycles. The highest BCUT2D eigenvalue weighted by Gasteiger charge is 2.45. The molecule has 0 spiro atoms. The monoisotopic (exact) mass is 527 g/mol. The summed E-state index contributed by atoms with van der Waals surface area (Å²) in [5.74, 6) is 0.0810. The van der Waals surface area contributed by atoms with E-state index in [1.807, 2.05) is 0 Å². The molecule has 7 nitrogen and oxygen atoms in total. The van der Waals surface area contributed by atoms with Crippen LogP contribution in [0.15, 0.2) is 72.8 Å². The predicted octanol–water partition coefficient (Wildman–Crippen LogP) is 4.97. The molecule has 0 aliphatic carbocycles. The van der Waals surface area contributed by atoms with Gasteiger partial charge in [-0.1, -0.05) is 30.3 Å². The van der Waals surface area contributed by atoms with E-state index in [4.69, 9.17) is 21.7 Å². The number of hydrogen-bond donors (Lipinski definition) is 1. The average Bonchev–Trinajstić information content (AvgIpc) is 3.42. The number of nitrogens with zero attached hydrogens (tertiary/aromatic N) is 2. The molecule has 0 bridgehead atoms. The molecule has 2 amide bonds. The van der Waals surface area contributed by atoms with Gasteiger partial charge in [0.05, 0.1) is 17.7 Å². The van der Waals surface area contributed by atoms with E-state index in [0.717, 1.165) is 22.6 Å². The summed E-state index contributed by atoms with van der Waals surface area (Å²) in [5.41, 5.74) is 0.344. The second-order valence-electron chi connectivity index (χ2n) is 8.45. The summed E-state index contributed by atoms with van der Waals surface area (Å²) >= 11 is 5.58. The van der Waals surface area contributed by atoms with Gasteiger partial charge >= 0.3 is 6.18 Å². The molecule has 1 N–H and O–H groups in total. The van der Waals surface area contributed by atoms with Gasteiger partial charge in [-0.15, -0.1) is 0 Å². The Balaban J connectivity index is 1.45. The highest BCUT2D eigenvalue weighted by Crippen LogP contribution is 2.36. The minimum Gasteiger partial charge on any atom is -0.454 e. The van der Waals surface area contributed by atoms with E-state index in [1.165, 1.54) is 12.1 Å². The Kier molecular flexibility index (Phi) is 6.46. The zero-order chi connectivity index (χ0) is 26.2. The van der Waals surface area contributed by atoms with Crippen LogP contribution in [0.4, 0.5) is 24.5 Å². The molecule has 1 fully saturated rings. The van der Waals surface area contributed by atoms with Gasteiger partial charge in [0.1, 0.15) is 6.04 Å². The lowest BCUT2D eigenvalue weighted by molar-refractivity contribution is -0.137. The highest BCUT2D eigenvalue weighted by molar-refractivity contribution is 7.80. The molecule has 1 atom stereocenters. The van der Waals surface area contributed by atoms with Crippen molar-refractivity contribution in [3.63, 3.8) is 0 Å². The lowest BCUT2D eigenvalue weighted by Crippen LogP contribution is -2.37. The maximum Gasteiger partial charge on any atom is 0.416 e. The van der Waals surface area contributed by atoms with Gasteiger partial charge < -0.3 is 19.7 Å². The van der Waals surface area contributed by atoms with Crippen LogP contribution in [0.1, 0.15) is 17.5 Å². The summed E-state index contributed by atoms with van der Waals surface area (Å²) in [6.45, 7) is 0.213. The number of para-hydroxylation sites is 1. The van der Waals surface area contributed by atoms with Gasteiger partial charge in [0.15, 0.2) is 16.6 Å². The molecule has 3 aromatic rings. The van der Waals surface area contributed by atoms with Gasteiger partial charge in [0, 0.05) is 12.2 Å². The minimum absolute atomic E-state index is 0.000461. The maximum atomic E-state index is 13.5. The van der Waals surface area contributed by atoms with Gasteiger partial charge in [0.2, 0.25) is 12.7 Å². The number of nitrogens with one attached hydrogen (secondary N) is 1. The second kappa shape index (κ2) is 9.74. The number of halogens is 3. The van der Waals surface area contributed by atoms with E-state index >= 15 is 0 Å². The number of benzene rings is 3. The number of amides is 2. The first kappa shape index (κ1) is 24.6. The zero-order valence-electron chi connectivity index (χ0n) is 19.2. The number of thiocarbonyl (C=S) groups is 1. The largest absolute Gasteiger partial charge is 0.454 e. The van der Waals surface area contributed by atoms with Crippen LogP contribution in [0.3, 0.4) is 0 Å². The Hall–Kier alpha value is -4.12. The molecule has 11 heteroatoms. The number of anilines is 2. The van der Waals surface area contributed by atoms with E-state index < -0.39 is 29.6 Å². The lowest BCUT2D eigenvalue weighted by Gasteiger charge is -2.24. The van der Waals surface area contributed by atoms with Gasteiger partial charge in [0.25, 0.3) is 5.91 Å². The fraction of sp³-hybridized carbons (Fsp3) is 0.192. The van der Waals surface area contributed by atoms with Gasteiger partial charge in [-0.2, -0.15) is 13.2 Å². The zero-order valence-corrected chi connectivity index (χ0v) is 20.0. The summed E-state index contributed by atoms with van der Waals surface area (Å²) < 4.78 is 50.8. The Morgan fingerprint density at radius 2 is 1.76 bits per heavy atom. The third-order valence-electron chi connectivity index (χ3n) is 5.98. The van der Waals surface area contributed by atoms with Gasteiger partial charge in [-0.05, 0) is 60.2 Å². The van der Waals surface area contributed by atoms with Crippen LogP contribution in [-0.2, 0) is 22.3 Å². The average molecular weight is 528 g/mol. The lowest BCUT2D eigenvalue weighted by atomic mass is 10.1. The molecule has 1 unspecified atom stereocenters. The van der Waals surface area contributed by atoms with Crippen molar-refractivity contribution in [2.45, 2.75) is 25.2 Å². The van der Waals surface area contributed by atoms with E-state index in [2.05, 4.69) is 5.32 Å². The Morgan fingerprint density at radius 1 is 1.00 bits per heavy atom. The predicted molar refractivity (Wildman–Crippen MR) is 133 cm³/mol. The van der Waals surface area contributed by atoms with Crippen molar-refractivity contribution in [3.8, 4) is 11.5 Å². The fourth-order valence-corrected chi connectivity index (χ4v) is 4.60. The van der Waals surface area contributed by atoms with Crippen LogP contribution in [0.5, 0.6) is 11.5 Å². The van der Waals surface area contributed by atoms with E-state index in [-0.39, 0.29) is 30.6 Å². The molecule has 190 valence electrons. The molecule has 5 rings (SSSR count). The summed E-state index contributed by atoms with van der Waals surface area (Å²) in [7, 11) is 0. The van der Waals surface area contributed by atoms with Gasteiger partial charge in [-0.25, -0.2) is 0 Å². The molecule has 1 saturated heterocycles. The van der Waals surface area contributed by atoms with Crippen molar-refractivity contribution >= 4 is 40.5 Å². The third-order valence-corrected chi connectivity index (χ3v) is 6.39. The van der Waals surface area contributed by atoms with Crippen molar-refractivity contribution < 1.29 is 32.2 Å².